The van der Waals surface area contributed by atoms with Gasteiger partial charge < -0.3 is 20.9 Å². The Hall–Kier alpha value is -2.88. The first-order chi connectivity index (χ1) is 15.9. The maximum absolute atomic E-state index is 12.4. The van der Waals surface area contributed by atoms with Gasteiger partial charge in [0.25, 0.3) is 11.8 Å². The number of benzene rings is 1. The van der Waals surface area contributed by atoms with Crippen molar-refractivity contribution in [1.29, 1.82) is 0 Å². The number of aliphatic imine (C=N–C) groups is 1. The Bertz CT molecular complexity index is 912. The van der Waals surface area contributed by atoms with Crippen molar-refractivity contribution in [3.05, 3.63) is 29.8 Å². The van der Waals surface area contributed by atoms with E-state index in [1.165, 1.54) is 11.8 Å². The molecule has 33 heavy (non-hydrogen) atoms. The largest absolute Gasteiger partial charge is 0.354 e. The highest BCUT2D eigenvalue weighted by Crippen LogP contribution is 2.29. The lowest BCUT2D eigenvalue weighted by atomic mass is 10.2. The molecule has 9 nitrogen and oxygen atoms in total. The van der Waals surface area contributed by atoms with Crippen molar-refractivity contribution in [1.82, 2.24) is 15.5 Å². The van der Waals surface area contributed by atoms with Crippen molar-refractivity contribution in [3.8, 4) is 0 Å². The Kier molecular flexibility index (Phi) is 8.87. The average molecular weight is 474 g/mol. The lowest BCUT2D eigenvalue weighted by Crippen LogP contribution is -2.35. The third kappa shape index (κ3) is 7.31. The van der Waals surface area contributed by atoms with Crippen LogP contribution in [-0.2, 0) is 14.4 Å². The van der Waals surface area contributed by atoms with Crippen LogP contribution in [0.15, 0.2) is 29.3 Å². The number of amides is 4. The summed E-state index contributed by atoms with van der Waals surface area (Å²) in [6.07, 6.45) is 3.31. The summed E-state index contributed by atoms with van der Waals surface area (Å²) in [5.74, 6) is -0.923. The number of rotatable bonds is 9. The summed E-state index contributed by atoms with van der Waals surface area (Å²) in [7, 11) is 0. The van der Waals surface area contributed by atoms with Crippen molar-refractivity contribution in [2.45, 2.75) is 57.2 Å². The van der Waals surface area contributed by atoms with E-state index >= 15 is 0 Å². The predicted molar refractivity (Wildman–Crippen MR) is 129 cm³/mol. The molecule has 3 rings (SSSR count). The monoisotopic (exact) mass is 473 g/mol. The van der Waals surface area contributed by atoms with Gasteiger partial charge in [0.15, 0.2) is 5.17 Å². The quantitative estimate of drug-likeness (QED) is 0.506. The molecule has 1 fully saturated rings. The Morgan fingerprint density at radius 3 is 2.52 bits per heavy atom. The average Bonchev–Trinajstić information content (AvgIpc) is 3.44. The standard InChI is InChI=1S/C23H31N5O4S/c1-3-15(2)25-19(29)10-11-24-21(31)16-6-8-17(9-7-16)26-20(30)14-18-22(32)27-23(33-18)28-12-4-5-13-28/h6-9,15,18H,3-5,10-14H2,1-2H3,(H,24,31)(H,25,29)(H,26,30). The van der Waals surface area contributed by atoms with Gasteiger partial charge in [0.1, 0.15) is 5.25 Å². The highest BCUT2D eigenvalue weighted by atomic mass is 32.2. The number of hydrogen-bond donors (Lipinski definition) is 3. The molecular formula is C23H31N5O4S. The van der Waals surface area contributed by atoms with E-state index < -0.39 is 5.25 Å². The molecule has 1 aromatic carbocycles. The molecule has 0 radical (unpaired) electrons. The number of likely N-dealkylation sites (tertiary alicyclic amines) is 1. The molecule has 0 saturated carbocycles. The van der Waals surface area contributed by atoms with E-state index in [2.05, 4.69) is 25.8 Å². The molecule has 1 aromatic rings. The Morgan fingerprint density at radius 1 is 1.15 bits per heavy atom. The molecule has 3 N–H and O–H groups in total. The van der Waals surface area contributed by atoms with Crippen LogP contribution in [0.2, 0.25) is 0 Å². The molecule has 0 spiro atoms. The molecular weight excluding hydrogens is 442 g/mol. The second-order valence-electron chi connectivity index (χ2n) is 8.25. The highest BCUT2D eigenvalue weighted by molar-refractivity contribution is 8.15. The fourth-order valence-corrected chi connectivity index (χ4v) is 4.60. The number of carbonyl (C=O) groups is 4. The number of amidine groups is 1. The van der Waals surface area contributed by atoms with Gasteiger partial charge in [0.2, 0.25) is 11.8 Å². The molecule has 2 aliphatic heterocycles. The normalized spacial score (nSPS) is 18.6. The third-order valence-electron chi connectivity index (χ3n) is 5.56. The van der Waals surface area contributed by atoms with Gasteiger partial charge in [-0.25, -0.2) is 0 Å². The predicted octanol–water partition coefficient (Wildman–Crippen LogP) is 2.14. The zero-order valence-electron chi connectivity index (χ0n) is 19.1. The molecule has 2 unspecified atom stereocenters. The zero-order valence-corrected chi connectivity index (χ0v) is 19.9. The number of nitrogens with one attached hydrogen (secondary N) is 3. The topological polar surface area (TPSA) is 120 Å². The van der Waals surface area contributed by atoms with Crippen molar-refractivity contribution in [3.63, 3.8) is 0 Å². The minimum absolute atomic E-state index is 0.0469. The number of carbonyl (C=O) groups excluding carboxylic acids is 4. The molecule has 2 heterocycles. The molecule has 1 saturated heterocycles. The van der Waals surface area contributed by atoms with E-state index in [0.717, 1.165) is 37.5 Å². The van der Waals surface area contributed by atoms with Gasteiger partial charge in [-0.05, 0) is 50.5 Å². The minimum Gasteiger partial charge on any atom is -0.354 e. The van der Waals surface area contributed by atoms with Crippen LogP contribution in [0.25, 0.3) is 0 Å². The third-order valence-corrected chi connectivity index (χ3v) is 6.78. The number of hydrogen-bond acceptors (Lipinski definition) is 6. The number of anilines is 1. The first-order valence-electron chi connectivity index (χ1n) is 11.4. The molecule has 0 bridgehead atoms. The van der Waals surface area contributed by atoms with E-state index in [4.69, 9.17) is 0 Å². The molecule has 2 atom stereocenters. The van der Waals surface area contributed by atoms with Gasteiger partial charge in [-0.15, -0.1) is 0 Å². The molecule has 178 valence electrons. The Labute approximate surface area is 198 Å². The van der Waals surface area contributed by atoms with Crippen molar-refractivity contribution >= 4 is 46.2 Å². The van der Waals surface area contributed by atoms with E-state index in [1.807, 2.05) is 13.8 Å². The number of thioether (sulfide) groups is 1. The molecule has 4 amide bonds. The summed E-state index contributed by atoms with van der Waals surface area (Å²) in [5, 5.41) is 8.56. The molecule has 0 aliphatic carbocycles. The van der Waals surface area contributed by atoms with Gasteiger partial charge in [0, 0.05) is 49.8 Å². The van der Waals surface area contributed by atoms with E-state index in [-0.39, 0.29) is 49.1 Å². The van der Waals surface area contributed by atoms with Crippen LogP contribution >= 0.6 is 11.8 Å². The van der Waals surface area contributed by atoms with Crippen LogP contribution < -0.4 is 16.0 Å². The van der Waals surface area contributed by atoms with Gasteiger partial charge >= 0.3 is 0 Å². The summed E-state index contributed by atoms with van der Waals surface area (Å²) in [6, 6.07) is 6.60. The Balaban J connectivity index is 1.41. The lowest BCUT2D eigenvalue weighted by Gasteiger charge is -2.16. The maximum Gasteiger partial charge on any atom is 0.262 e. The summed E-state index contributed by atoms with van der Waals surface area (Å²) in [4.78, 5) is 54.8. The summed E-state index contributed by atoms with van der Waals surface area (Å²) >= 11 is 1.36. The van der Waals surface area contributed by atoms with E-state index in [0.29, 0.717) is 11.3 Å². The zero-order chi connectivity index (χ0) is 23.8. The Morgan fingerprint density at radius 2 is 1.85 bits per heavy atom. The molecule has 10 heteroatoms. The first kappa shape index (κ1) is 24.8. The van der Waals surface area contributed by atoms with Crippen LogP contribution in [0.1, 0.15) is 56.3 Å². The molecule has 0 aromatic heterocycles. The number of nitrogens with zero attached hydrogens (tertiary/aromatic N) is 2. The van der Waals surface area contributed by atoms with Crippen LogP contribution in [0.3, 0.4) is 0 Å². The van der Waals surface area contributed by atoms with Gasteiger partial charge in [-0.3, -0.25) is 19.2 Å². The molecule has 2 aliphatic rings. The highest BCUT2D eigenvalue weighted by Gasteiger charge is 2.33. The lowest BCUT2D eigenvalue weighted by molar-refractivity contribution is -0.121. The van der Waals surface area contributed by atoms with Crippen LogP contribution in [0.5, 0.6) is 0 Å². The van der Waals surface area contributed by atoms with Crippen LogP contribution in [-0.4, -0.2) is 64.6 Å². The van der Waals surface area contributed by atoms with Gasteiger partial charge in [-0.1, -0.05) is 18.7 Å². The smallest absolute Gasteiger partial charge is 0.262 e. The minimum atomic E-state index is -0.497. The summed E-state index contributed by atoms with van der Waals surface area (Å²) < 4.78 is 0. The van der Waals surface area contributed by atoms with Crippen LogP contribution in [0, 0.1) is 0 Å². The van der Waals surface area contributed by atoms with E-state index in [9.17, 15) is 19.2 Å². The van der Waals surface area contributed by atoms with Gasteiger partial charge in [0.05, 0.1) is 0 Å². The fourth-order valence-electron chi connectivity index (χ4n) is 3.48. The fraction of sp³-hybridized carbons (Fsp3) is 0.522. The summed E-state index contributed by atoms with van der Waals surface area (Å²) in [6.45, 7) is 5.98. The van der Waals surface area contributed by atoms with Gasteiger partial charge in [-0.2, -0.15) is 4.99 Å². The summed E-state index contributed by atoms with van der Waals surface area (Å²) in [5.41, 5.74) is 0.973. The van der Waals surface area contributed by atoms with E-state index in [1.54, 1.807) is 24.3 Å². The van der Waals surface area contributed by atoms with Crippen molar-refractivity contribution in [2.24, 2.45) is 4.99 Å². The SMILES string of the molecule is CCC(C)NC(=O)CCNC(=O)c1ccc(NC(=O)CC2SC(N3CCCC3)=NC2=O)cc1. The van der Waals surface area contributed by atoms with Crippen molar-refractivity contribution in [2.75, 3.05) is 25.0 Å². The second kappa shape index (κ2) is 11.8. The first-order valence-corrected chi connectivity index (χ1v) is 12.2. The maximum atomic E-state index is 12.4. The van der Waals surface area contributed by atoms with Crippen LogP contribution in [0.4, 0.5) is 5.69 Å². The van der Waals surface area contributed by atoms with Crippen molar-refractivity contribution < 1.29 is 19.2 Å². The second-order valence-corrected chi connectivity index (χ2v) is 9.42.